The Morgan fingerprint density at radius 1 is 1.44 bits per heavy atom. The van der Waals surface area contributed by atoms with Crippen LogP contribution in [0, 0.1) is 5.41 Å². The number of rotatable bonds is 9. The summed E-state index contributed by atoms with van der Waals surface area (Å²) in [5, 5.41) is 16.0. The maximum absolute atomic E-state index is 9.32. The number of ether oxygens (including phenoxy) is 2. The fourth-order valence-corrected chi connectivity index (χ4v) is 2.92. The molecule has 2 rings (SSSR count). The van der Waals surface area contributed by atoms with Gasteiger partial charge in [-0.2, -0.15) is 0 Å². The molecule has 0 aliphatic carbocycles. The fourth-order valence-electron chi connectivity index (χ4n) is 2.92. The maximum atomic E-state index is 9.32. The molecule has 1 aliphatic rings. The van der Waals surface area contributed by atoms with Crippen molar-refractivity contribution in [2.75, 3.05) is 40.0 Å². The molecule has 0 spiro atoms. The first-order valence-corrected chi connectivity index (χ1v) is 8.68. The molecule has 0 bridgehead atoms. The highest BCUT2D eigenvalue weighted by atomic mass is 16.5. The minimum Gasteiger partial charge on any atom is -0.489 e. The lowest BCUT2D eigenvalue weighted by Crippen LogP contribution is -2.44. The topological polar surface area (TPSA) is 75.1 Å². The number of hydrogen-bond donors (Lipinski definition) is 3. The van der Waals surface area contributed by atoms with Crippen LogP contribution in [0.5, 0.6) is 5.75 Å². The van der Waals surface area contributed by atoms with E-state index < -0.39 is 0 Å². The zero-order valence-corrected chi connectivity index (χ0v) is 15.0. The van der Waals surface area contributed by atoms with Gasteiger partial charge in [-0.1, -0.05) is 30.9 Å². The van der Waals surface area contributed by atoms with Crippen LogP contribution in [-0.2, 0) is 11.3 Å². The second-order valence-electron chi connectivity index (χ2n) is 6.26. The van der Waals surface area contributed by atoms with E-state index in [-0.39, 0.29) is 12.0 Å². The van der Waals surface area contributed by atoms with E-state index in [4.69, 9.17) is 9.47 Å². The van der Waals surface area contributed by atoms with Gasteiger partial charge in [0.2, 0.25) is 0 Å². The summed E-state index contributed by atoms with van der Waals surface area (Å²) in [5.41, 5.74) is 1.04. The molecule has 0 saturated carbocycles. The molecule has 0 amide bonds. The summed E-state index contributed by atoms with van der Waals surface area (Å²) in [4.78, 5) is 4.28. The minimum atomic E-state index is -0.0165. The van der Waals surface area contributed by atoms with Gasteiger partial charge in [-0.05, 0) is 18.9 Å². The van der Waals surface area contributed by atoms with Crippen molar-refractivity contribution in [2.45, 2.75) is 19.4 Å². The van der Waals surface area contributed by atoms with Gasteiger partial charge in [-0.25, -0.2) is 0 Å². The van der Waals surface area contributed by atoms with Crippen LogP contribution in [0.4, 0.5) is 0 Å². The van der Waals surface area contributed by atoms with Crippen molar-refractivity contribution in [1.82, 2.24) is 10.6 Å². The highest BCUT2D eigenvalue weighted by molar-refractivity contribution is 5.79. The van der Waals surface area contributed by atoms with Gasteiger partial charge in [0.15, 0.2) is 5.96 Å². The van der Waals surface area contributed by atoms with E-state index in [1.807, 2.05) is 24.3 Å². The van der Waals surface area contributed by atoms with E-state index in [2.05, 4.69) is 22.2 Å². The van der Waals surface area contributed by atoms with Crippen molar-refractivity contribution in [3.8, 4) is 5.75 Å². The molecule has 1 aliphatic heterocycles. The van der Waals surface area contributed by atoms with Gasteiger partial charge in [0.25, 0.3) is 0 Å². The minimum absolute atomic E-state index is 0.0165. The molecular formula is C19H29N3O3. The summed E-state index contributed by atoms with van der Waals surface area (Å²) >= 11 is 0. The smallest absolute Gasteiger partial charge is 0.191 e. The first-order valence-electron chi connectivity index (χ1n) is 8.68. The second kappa shape index (κ2) is 10.1. The van der Waals surface area contributed by atoms with E-state index in [0.29, 0.717) is 19.8 Å². The van der Waals surface area contributed by atoms with Gasteiger partial charge in [0.05, 0.1) is 6.61 Å². The first-order chi connectivity index (χ1) is 12.2. The number of hydrogen-bond acceptors (Lipinski definition) is 4. The average molecular weight is 347 g/mol. The normalized spacial score (nSPS) is 20.3. The molecule has 138 valence electrons. The highest BCUT2D eigenvalue weighted by Gasteiger charge is 2.34. The fraction of sp³-hybridized carbons (Fsp3) is 0.526. The molecular weight excluding hydrogens is 318 g/mol. The quantitative estimate of drug-likeness (QED) is 0.360. The summed E-state index contributed by atoms with van der Waals surface area (Å²) in [6.07, 6.45) is 3.42. The van der Waals surface area contributed by atoms with Crippen molar-refractivity contribution in [2.24, 2.45) is 10.4 Å². The zero-order chi connectivity index (χ0) is 18.0. The van der Waals surface area contributed by atoms with Gasteiger partial charge < -0.3 is 25.2 Å². The van der Waals surface area contributed by atoms with Crippen molar-refractivity contribution < 1.29 is 14.6 Å². The third-order valence-corrected chi connectivity index (χ3v) is 4.46. The Labute approximate surface area is 149 Å². The molecule has 1 saturated heterocycles. The number of nitrogens with one attached hydrogen (secondary N) is 2. The number of aliphatic hydroxyl groups excluding tert-OH is 1. The number of benzene rings is 1. The monoisotopic (exact) mass is 347 g/mol. The van der Waals surface area contributed by atoms with E-state index in [0.717, 1.165) is 43.3 Å². The second-order valence-corrected chi connectivity index (χ2v) is 6.26. The Hall–Kier alpha value is -2.05. The average Bonchev–Trinajstić information content (AvgIpc) is 3.10. The Kier molecular flexibility index (Phi) is 7.76. The lowest BCUT2D eigenvalue weighted by molar-refractivity contribution is 0.127. The summed E-state index contributed by atoms with van der Waals surface area (Å²) < 4.78 is 11.2. The predicted octanol–water partition coefficient (Wildman–Crippen LogP) is 1.71. The lowest BCUT2D eigenvalue weighted by atomic mass is 9.84. The summed E-state index contributed by atoms with van der Waals surface area (Å²) in [6, 6.07) is 7.91. The van der Waals surface area contributed by atoms with Gasteiger partial charge in [0.1, 0.15) is 12.4 Å². The maximum Gasteiger partial charge on any atom is 0.191 e. The van der Waals surface area contributed by atoms with E-state index in [1.54, 1.807) is 13.1 Å². The third-order valence-electron chi connectivity index (χ3n) is 4.46. The Morgan fingerprint density at radius 2 is 2.28 bits per heavy atom. The number of nitrogens with zero attached hydrogens (tertiary/aromatic N) is 1. The summed E-state index contributed by atoms with van der Waals surface area (Å²) in [5.74, 6) is 1.56. The molecule has 6 heteroatoms. The molecule has 1 fully saturated rings. The largest absolute Gasteiger partial charge is 0.489 e. The zero-order valence-electron chi connectivity index (χ0n) is 15.0. The first kappa shape index (κ1) is 19.3. The van der Waals surface area contributed by atoms with Crippen molar-refractivity contribution in [3.05, 3.63) is 42.5 Å². The van der Waals surface area contributed by atoms with Gasteiger partial charge >= 0.3 is 0 Å². The molecule has 1 aromatic carbocycles. The third kappa shape index (κ3) is 5.76. The van der Waals surface area contributed by atoms with Crippen LogP contribution in [0.1, 0.15) is 18.4 Å². The van der Waals surface area contributed by atoms with Crippen LogP contribution in [0.3, 0.4) is 0 Å². The molecule has 1 atom stereocenters. The molecule has 3 N–H and O–H groups in total. The molecule has 1 aromatic rings. The SMILES string of the molecule is C=CCOc1ccccc1CNC(=NC)NCC1(CCO)CCOC1. The number of para-hydroxylation sites is 1. The number of guanidine groups is 1. The Morgan fingerprint density at radius 3 is 2.96 bits per heavy atom. The van der Waals surface area contributed by atoms with Crippen LogP contribution in [0.2, 0.25) is 0 Å². The Bertz CT molecular complexity index is 569. The number of aliphatic hydroxyl groups is 1. The molecule has 0 aromatic heterocycles. The van der Waals surface area contributed by atoms with E-state index >= 15 is 0 Å². The predicted molar refractivity (Wildman–Crippen MR) is 99.9 cm³/mol. The standard InChI is InChI=1S/C19H29N3O3/c1-3-11-25-17-7-5-4-6-16(17)13-21-18(20-2)22-14-19(8-10-23)9-12-24-15-19/h3-7,23H,1,8-15H2,2H3,(H2,20,21,22). The summed E-state index contributed by atoms with van der Waals surface area (Å²) in [7, 11) is 1.75. The van der Waals surface area contributed by atoms with Gasteiger partial charge in [-0.15, -0.1) is 0 Å². The molecule has 1 unspecified atom stereocenters. The van der Waals surface area contributed by atoms with E-state index in [9.17, 15) is 5.11 Å². The van der Waals surface area contributed by atoms with Gasteiger partial charge in [0, 0.05) is 44.3 Å². The Balaban J connectivity index is 1.89. The van der Waals surface area contributed by atoms with Gasteiger partial charge in [-0.3, -0.25) is 4.99 Å². The van der Waals surface area contributed by atoms with Crippen molar-refractivity contribution in [3.63, 3.8) is 0 Å². The van der Waals surface area contributed by atoms with Crippen molar-refractivity contribution >= 4 is 5.96 Å². The van der Waals surface area contributed by atoms with Crippen LogP contribution in [0.15, 0.2) is 41.9 Å². The number of aliphatic imine (C=N–C) groups is 1. The molecule has 6 nitrogen and oxygen atoms in total. The van der Waals surface area contributed by atoms with Crippen LogP contribution < -0.4 is 15.4 Å². The van der Waals surface area contributed by atoms with Crippen LogP contribution in [-0.4, -0.2) is 51.1 Å². The lowest BCUT2D eigenvalue weighted by Gasteiger charge is -2.27. The van der Waals surface area contributed by atoms with Crippen molar-refractivity contribution in [1.29, 1.82) is 0 Å². The molecule has 1 heterocycles. The van der Waals surface area contributed by atoms with E-state index in [1.165, 1.54) is 0 Å². The highest BCUT2D eigenvalue weighted by Crippen LogP contribution is 2.31. The van der Waals surface area contributed by atoms with Crippen LogP contribution >= 0.6 is 0 Å². The molecule has 0 radical (unpaired) electrons. The molecule has 25 heavy (non-hydrogen) atoms. The summed E-state index contributed by atoms with van der Waals surface area (Å²) in [6.45, 7) is 7.09. The van der Waals surface area contributed by atoms with Crippen LogP contribution in [0.25, 0.3) is 0 Å².